The Morgan fingerprint density at radius 1 is 1.19 bits per heavy atom. The van der Waals surface area contributed by atoms with Gasteiger partial charge in [0.05, 0.1) is 27.8 Å². The fourth-order valence-corrected chi connectivity index (χ4v) is 4.93. The first-order valence-corrected chi connectivity index (χ1v) is 10.8. The van der Waals surface area contributed by atoms with Gasteiger partial charge >= 0.3 is 5.97 Å². The van der Waals surface area contributed by atoms with E-state index in [1.54, 1.807) is 23.0 Å². The molecule has 1 fully saturated rings. The minimum Gasteiger partial charge on any atom is -0.481 e. The maximum atomic E-state index is 13.7. The van der Waals surface area contributed by atoms with E-state index in [2.05, 4.69) is 26.0 Å². The highest BCUT2D eigenvalue weighted by Crippen LogP contribution is 2.40. The number of hydrogen-bond donors (Lipinski definition) is 2. The fourth-order valence-electron chi connectivity index (χ4n) is 4.35. The lowest BCUT2D eigenvalue weighted by molar-refractivity contribution is -0.142. The summed E-state index contributed by atoms with van der Waals surface area (Å²) in [6, 6.07) is 6.33. The summed E-state index contributed by atoms with van der Waals surface area (Å²) in [6.07, 6.45) is 6.10. The molecule has 3 N–H and O–H groups in total. The summed E-state index contributed by atoms with van der Waals surface area (Å²) < 4.78 is 15.9. The molecule has 158 valence electrons. The van der Waals surface area contributed by atoms with Crippen LogP contribution >= 0.6 is 15.9 Å². The Morgan fingerprint density at radius 2 is 1.97 bits per heavy atom. The van der Waals surface area contributed by atoms with E-state index >= 15 is 0 Å². The van der Waals surface area contributed by atoms with Crippen molar-refractivity contribution < 1.29 is 14.3 Å². The van der Waals surface area contributed by atoms with Crippen LogP contribution in [0.3, 0.4) is 0 Å². The van der Waals surface area contributed by atoms with E-state index in [4.69, 9.17) is 10.7 Å². The first-order valence-electron chi connectivity index (χ1n) is 10.0. The molecule has 0 spiro atoms. The van der Waals surface area contributed by atoms with Crippen LogP contribution in [-0.2, 0) is 4.79 Å². The summed E-state index contributed by atoms with van der Waals surface area (Å²) in [4.78, 5) is 20.6. The second-order valence-corrected chi connectivity index (χ2v) is 8.73. The molecule has 3 heterocycles. The van der Waals surface area contributed by atoms with Gasteiger partial charge in [0.1, 0.15) is 11.6 Å². The molecule has 0 radical (unpaired) electrons. The molecule has 0 bridgehead atoms. The van der Waals surface area contributed by atoms with Crippen LogP contribution in [0.15, 0.2) is 41.1 Å². The molecular weight excluding hydrogens is 465 g/mol. The number of carbonyl (C=O) groups is 1. The van der Waals surface area contributed by atoms with Crippen LogP contribution in [0.5, 0.6) is 0 Å². The second-order valence-electron chi connectivity index (χ2n) is 7.94. The van der Waals surface area contributed by atoms with Crippen LogP contribution in [0.25, 0.3) is 27.7 Å². The van der Waals surface area contributed by atoms with Gasteiger partial charge in [-0.2, -0.15) is 9.61 Å². The number of anilines is 1. The second kappa shape index (κ2) is 7.56. The van der Waals surface area contributed by atoms with Gasteiger partial charge in [-0.05, 0) is 65.9 Å². The van der Waals surface area contributed by atoms with Crippen molar-refractivity contribution in [3.63, 3.8) is 0 Å². The summed E-state index contributed by atoms with van der Waals surface area (Å²) in [6.45, 7) is 0. The lowest BCUT2D eigenvalue weighted by atomic mass is 9.80. The molecule has 5 rings (SSSR count). The number of carboxylic acid groups (broad SMARTS) is 1. The Balaban J connectivity index is 1.59. The van der Waals surface area contributed by atoms with Crippen molar-refractivity contribution in [2.45, 2.75) is 31.6 Å². The van der Waals surface area contributed by atoms with Crippen molar-refractivity contribution in [1.29, 1.82) is 0 Å². The number of carboxylic acids is 1. The molecule has 31 heavy (non-hydrogen) atoms. The highest BCUT2D eigenvalue weighted by Gasteiger charge is 2.30. The number of pyridine rings is 1. The maximum Gasteiger partial charge on any atom is 0.306 e. The van der Waals surface area contributed by atoms with Crippen molar-refractivity contribution in [3.8, 4) is 11.1 Å². The molecule has 0 saturated heterocycles. The van der Waals surface area contributed by atoms with Gasteiger partial charge < -0.3 is 10.8 Å². The van der Waals surface area contributed by atoms with E-state index in [9.17, 15) is 14.3 Å². The first-order chi connectivity index (χ1) is 14.9. The average Bonchev–Trinajstić information content (AvgIpc) is 3.20. The zero-order chi connectivity index (χ0) is 21.7. The summed E-state index contributed by atoms with van der Waals surface area (Å²) in [5.41, 5.74) is 9.98. The van der Waals surface area contributed by atoms with Crippen molar-refractivity contribution in [2.75, 3.05) is 5.73 Å². The third-order valence-electron chi connectivity index (χ3n) is 6.07. The Morgan fingerprint density at radius 3 is 2.71 bits per heavy atom. The number of aliphatic carboxylic acids is 1. The number of halogens is 2. The molecular formula is C22H19BrFN5O2. The first kappa shape index (κ1) is 19.9. The topological polar surface area (TPSA) is 106 Å². The lowest BCUT2D eigenvalue weighted by Crippen LogP contribution is -2.21. The van der Waals surface area contributed by atoms with Gasteiger partial charge in [-0.25, -0.2) is 9.37 Å². The van der Waals surface area contributed by atoms with Gasteiger partial charge in [0.15, 0.2) is 5.65 Å². The van der Waals surface area contributed by atoms with E-state index in [0.29, 0.717) is 39.7 Å². The lowest BCUT2D eigenvalue weighted by Gasteiger charge is -2.26. The molecule has 7 nitrogen and oxygen atoms in total. The highest BCUT2D eigenvalue weighted by molar-refractivity contribution is 9.10. The Kier molecular flexibility index (Phi) is 4.85. The smallest absolute Gasteiger partial charge is 0.306 e. The van der Waals surface area contributed by atoms with Crippen LogP contribution in [0.4, 0.5) is 10.2 Å². The molecule has 0 aliphatic heterocycles. The number of fused-ring (bicyclic) bond motifs is 2. The van der Waals surface area contributed by atoms with E-state index in [1.165, 1.54) is 12.1 Å². The average molecular weight is 484 g/mol. The van der Waals surface area contributed by atoms with Crippen LogP contribution < -0.4 is 5.73 Å². The molecule has 9 heteroatoms. The normalized spacial score (nSPS) is 19.2. The number of nitrogens with two attached hydrogens (primary N) is 1. The quantitative estimate of drug-likeness (QED) is 0.433. The maximum absolute atomic E-state index is 13.7. The third kappa shape index (κ3) is 3.42. The van der Waals surface area contributed by atoms with Gasteiger partial charge in [0, 0.05) is 28.6 Å². The highest BCUT2D eigenvalue weighted by atomic mass is 79.9. The largest absolute Gasteiger partial charge is 0.481 e. The van der Waals surface area contributed by atoms with E-state index in [1.807, 2.05) is 6.07 Å². The molecule has 0 atom stereocenters. The predicted octanol–water partition coefficient (Wildman–Crippen LogP) is 4.79. The van der Waals surface area contributed by atoms with E-state index in [0.717, 1.165) is 29.7 Å². The summed E-state index contributed by atoms with van der Waals surface area (Å²) in [7, 11) is 0. The van der Waals surface area contributed by atoms with Crippen LogP contribution in [0, 0.1) is 11.7 Å². The van der Waals surface area contributed by atoms with Crippen molar-refractivity contribution in [3.05, 3.63) is 52.6 Å². The summed E-state index contributed by atoms with van der Waals surface area (Å²) >= 11 is 3.57. The van der Waals surface area contributed by atoms with Gasteiger partial charge in [-0.15, -0.1) is 0 Å². The Hall–Kier alpha value is -3.07. The minimum atomic E-state index is -0.737. The zero-order valence-electron chi connectivity index (χ0n) is 16.4. The van der Waals surface area contributed by atoms with Gasteiger partial charge in [-0.1, -0.05) is 0 Å². The van der Waals surface area contributed by atoms with Crippen molar-refractivity contribution in [2.24, 2.45) is 5.92 Å². The molecule has 1 aromatic carbocycles. The monoisotopic (exact) mass is 483 g/mol. The minimum absolute atomic E-state index is 0.115. The van der Waals surface area contributed by atoms with Crippen molar-refractivity contribution >= 4 is 44.3 Å². The predicted molar refractivity (Wildman–Crippen MR) is 118 cm³/mol. The number of nitrogen functional groups attached to an aromatic ring is 1. The number of benzene rings is 1. The Bertz CT molecular complexity index is 1330. The molecule has 0 amide bonds. The molecule has 3 aromatic heterocycles. The Labute approximate surface area is 185 Å². The van der Waals surface area contributed by atoms with Crippen LogP contribution in [0.1, 0.15) is 37.3 Å². The van der Waals surface area contributed by atoms with E-state index in [-0.39, 0.29) is 17.7 Å². The van der Waals surface area contributed by atoms with Gasteiger partial charge in [0.25, 0.3) is 0 Å². The number of nitrogens with zero attached hydrogens (tertiary/aromatic N) is 4. The van der Waals surface area contributed by atoms with Crippen LogP contribution in [0.2, 0.25) is 0 Å². The molecule has 1 saturated carbocycles. The molecule has 4 aromatic rings. The summed E-state index contributed by atoms with van der Waals surface area (Å²) in [5, 5.41) is 14.4. The van der Waals surface area contributed by atoms with Gasteiger partial charge in [-0.3, -0.25) is 9.78 Å². The fraction of sp³-hybridized carbons (Fsp3) is 0.273. The molecule has 1 aliphatic rings. The van der Waals surface area contributed by atoms with Crippen LogP contribution in [-0.4, -0.2) is 30.7 Å². The molecule has 0 unspecified atom stereocenters. The number of hydrogen-bond acceptors (Lipinski definition) is 5. The third-order valence-corrected chi connectivity index (χ3v) is 6.88. The van der Waals surface area contributed by atoms with Crippen molar-refractivity contribution in [1.82, 2.24) is 19.6 Å². The van der Waals surface area contributed by atoms with E-state index < -0.39 is 5.97 Å². The van der Waals surface area contributed by atoms with Gasteiger partial charge in [0.2, 0.25) is 0 Å². The number of aromatic nitrogens is 4. The standard InChI is InChI=1S/C22H19BrFN5O2/c23-18-19(11-1-3-12(4-2-11)22(30)31)28-21-16(10-27-29(21)20(18)25)14-7-13-8-15(24)5-6-17(13)26-9-14/h5-12H,1-4,25H2,(H,30,31)/t11-,12-. The zero-order valence-corrected chi connectivity index (χ0v) is 18.0. The summed E-state index contributed by atoms with van der Waals surface area (Å²) in [5.74, 6) is -0.809. The number of rotatable bonds is 3. The SMILES string of the molecule is Nc1c(Br)c([C@H]2CC[C@H](C(=O)O)CC2)nc2c(-c3cnc4ccc(F)cc4c3)cnn12. The molecule has 1 aliphatic carbocycles.